The highest BCUT2D eigenvalue weighted by atomic mass is 16.6. The second kappa shape index (κ2) is 5.71. The van der Waals surface area contributed by atoms with Gasteiger partial charge in [-0.15, -0.1) is 0 Å². The maximum Gasteiger partial charge on any atom is 0.271 e. The number of anilines is 1. The molecule has 1 saturated heterocycles. The van der Waals surface area contributed by atoms with Crippen molar-refractivity contribution in [3.63, 3.8) is 0 Å². The summed E-state index contributed by atoms with van der Waals surface area (Å²) in [5, 5.41) is 42.3. The van der Waals surface area contributed by atoms with Crippen molar-refractivity contribution in [3.05, 3.63) is 33.9 Å². The molecule has 1 aliphatic rings. The summed E-state index contributed by atoms with van der Waals surface area (Å²) in [6, 6.07) is 4.26. The quantitative estimate of drug-likeness (QED) is 0.445. The number of hydrogen-bond donors (Lipinski definition) is 4. The molecule has 20 heavy (non-hydrogen) atoms. The third-order valence-corrected chi connectivity index (χ3v) is 3.23. The van der Waals surface area contributed by atoms with Crippen molar-refractivity contribution in [2.75, 3.05) is 11.9 Å². The van der Waals surface area contributed by atoms with E-state index in [0.717, 1.165) is 5.56 Å². The van der Waals surface area contributed by atoms with Crippen LogP contribution < -0.4 is 5.32 Å². The highest BCUT2D eigenvalue weighted by molar-refractivity contribution is 5.57. The van der Waals surface area contributed by atoms with E-state index in [2.05, 4.69) is 5.32 Å². The zero-order chi connectivity index (χ0) is 14.9. The SMILES string of the molecule is Cc1ccc([N+](=O)[O-])cc1NC1OCC(O)C(O)C1O. The number of benzene rings is 1. The van der Waals surface area contributed by atoms with Crippen molar-refractivity contribution in [3.8, 4) is 0 Å². The van der Waals surface area contributed by atoms with Crippen LogP contribution in [0.1, 0.15) is 5.56 Å². The first-order chi connectivity index (χ1) is 9.40. The first-order valence-corrected chi connectivity index (χ1v) is 6.07. The number of nitrogens with zero attached hydrogens (tertiary/aromatic N) is 1. The summed E-state index contributed by atoms with van der Waals surface area (Å²) in [6.45, 7) is 1.61. The molecule has 0 spiro atoms. The minimum absolute atomic E-state index is 0.0935. The summed E-state index contributed by atoms with van der Waals surface area (Å²) in [5.74, 6) is 0. The fourth-order valence-corrected chi connectivity index (χ4v) is 1.97. The molecule has 110 valence electrons. The van der Waals surface area contributed by atoms with Crippen LogP contribution in [0.3, 0.4) is 0 Å². The molecule has 0 bridgehead atoms. The van der Waals surface area contributed by atoms with Gasteiger partial charge in [0.2, 0.25) is 0 Å². The standard InChI is InChI=1S/C12H16N2O6/c1-6-2-3-7(14(18)19)4-8(6)13-12-11(17)10(16)9(15)5-20-12/h2-4,9-13,15-17H,5H2,1H3. The Morgan fingerprint density at radius 2 is 2.05 bits per heavy atom. The molecule has 1 fully saturated rings. The van der Waals surface area contributed by atoms with Gasteiger partial charge in [-0.1, -0.05) is 6.07 Å². The number of nitro benzene ring substituents is 1. The molecule has 0 amide bonds. The van der Waals surface area contributed by atoms with E-state index >= 15 is 0 Å². The Morgan fingerprint density at radius 1 is 1.35 bits per heavy atom. The summed E-state index contributed by atoms with van der Waals surface area (Å²) in [6.07, 6.45) is -4.78. The van der Waals surface area contributed by atoms with Crippen molar-refractivity contribution >= 4 is 11.4 Å². The minimum Gasteiger partial charge on any atom is -0.388 e. The van der Waals surface area contributed by atoms with E-state index in [1.54, 1.807) is 13.0 Å². The van der Waals surface area contributed by atoms with Crippen LogP contribution in [0, 0.1) is 17.0 Å². The van der Waals surface area contributed by atoms with Crippen LogP contribution in [0.4, 0.5) is 11.4 Å². The molecule has 0 radical (unpaired) electrons. The minimum atomic E-state index is -1.34. The topological polar surface area (TPSA) is 125 Å². The average molecular weight is 284 g/mol. The number of aliphatic hydroxyl groups excluding tert-OH is 3. The normalized spacial score (nSPS) is 30.0. The number of aryl methyl sites for hydroxylation is 1. The van der Waals surface area contributed by atoms with Gasteiger partial charge in [0, 0.05) is 17.8 Å². The van der Waals surface area contributed by atoms with Crippen LogP contribution in [-0.2, 0) is 4.74 Å². The number of aliphatic hydroxyl groups is 3. The molecule has 0 aromatic heterocycles. The third-order valence-electron chi connectivity index (χ3n) is 3.23. The van der Waals surface area contributed by atoms with Gasteiger partial charge in [0.25, 0.3) is 5.69 Å². The number of ether oxygens (including phenoxy) is 1. The summed E-state index contributed by atoms with van der Waals surface area (Å²) in [5.41, 5.74) is 1.06. The molecular formula is C12H16N2O6. The third kappa shape index (κ3) is 2.88. The van der Waals surface area contributed by atoms with Gasteiger partial charge in [0.1, 0.15) is 18.3 Å². The molecule has 4 N–H and O–H groups in total. The van der Waals surface area contributed by atoms with E-state index in [9.17, 15) is 25.4 Å². The average Bonchev–Trinajstić information content (AvgIpc) is 2.41. The summed E-state index contributed by atoms with van der Waals surface area (Å²) in [7, 11) is 0. The Bertz CT molecular complexity index is 509. The first-order valence-electron chi connectivity index (χ1n) is 6.07. The molecule has 0 aliphatic carbocycles. The van der Waals surface area contributed by atoms with Gasteiger partial charge in [-0.2, -0.15) is 0 Å². The van der Waals surface area contributed by atoms with Crippen LogP contribution in [0.15, 0.2) is 18.2 Å². The highest BCUT2D eigenvalue weighted by Gasteiger charge is 2.37. The zero-order valence-electron chi connectivity index (χ0n) is 10.8. The lowest BCUT2D eigenvalue weighted by Gasteiger charge is -2.36. The molecule has 1 heterocycles. The lowest BCUT2D eigenvalue weighted by molar-refractivity contribution is -0.384. The van der Waals surface area contributed by atoms with Crippen LogP contribution in [-0.4, -0.2) is 51.4 Å². The van der Waals surface area contributed by atoms with Crippen molar-refractivity contribution in [1.29, 1.82) is 0 Å². The summed E-state index contributed by atoms with van der Waals surface area (Å²) in [4.78, 5) is 10.2. The van der Waals surface area contributed by atoms with Gasteiger partial charge in [0.05, 0.1) is 11.5 Å². The maximum absolute atomic E-state index is 10.7. The Morgan fingerprint density at radius 3 is 2.70 bits per heavy atom. The Labute approximate surface area is 114 Å². The summed E-state index contributed by atoms with van der Waals surface area (Å²) >= 11 is 0. The van der Waals surface area contributed by atoms with Gasteiger partial charge in [-0.25, -0.2) is 0 Å². The van der Waals surface area contributed by atoms with Crippen molar-refractivity contribution in [1.82, 2.24) is 0 Å². The highest BCUT2D eigenvalue weighted by Crippen LogP contribution is 2.25. The molecule has 1 aliphatic heterocycles. The number of nitrogens with one attached hydrogen (secondary N) is 1. The van der Waals surface area contributed by atoms with E-state index in [-0.39, 0.29) is 12.3 Å². The number of nitro groups is 1. The van der Waals surface area contributed by atoms with Crippen molar-refractivity contribution in [2.45, 2.75) is 31.5 Å². The number of non-ortho nitro benzene ring substituents is 1. The lowest BCUT2D eigenvalue weighted by Crippen LogP contribution is -2.55. The molecule has 8 nitrogen and oxygen atoms in total. The zero-order valence-corrected chi connectivity index (χ0v) is 10.8. The fraction of sp³-hybridized carbons (Fsp3) is 0.500. The van der Waals surface area contributed by atoms with Crippen molar-refractivity contribution < 1.29 is 25.0 Å². The lowest BCUT2D eigenvalue weighted by atomic mass is 10.0. The van der Waals surface area contributed by atoms with Gasteiger partial charge in [-0.3, -0.25) is 10.1 Å². The maximum atomic E-state index is 10.7. The molecular weight excluding hydrogens is 268 g/mol. The second-order valence-corrected chi connectivity index (χ2v) is 4.70. The molecule has 0 saturated carbocycles. The van der Waals surface area contributed by atoms with E-state index in [4.69, 9.17) is 4.74 Å². The van der Waals surface area contributed by atoms with Crippen LogP contribution in [0.25, 0.3) is 0 Å². The van der Waals surface area contributed by atoms with Crippen molar-refractivity contribution in [2.24, 2.45) is 0 Å². The van der Waals surface area contributed by atoms with E-state index in [0.29, 0.717) is 5.69 Å². The van der Waals surface area contributed by atoms with Gasteiger partial charge in [0.15, 0.2) is 6.23 Å². The molecule has 4 atom stereocenters. The van der Waals surface area contributed by atoms with Gasteiger partial charge >= 0.3 is 0 Å². The predicted molar refractivity (Wildman–Crippen MR) is 69.2 cm³/mol. The molecule has 1 aromatic carbocycles. The Hall–Kier alpha value is -1.74. The van der Waals surface area contributed by atoms with E-state index in [1.807, 2.05) is 0 Å². The van der Waals surface area contributed by atoms with Crippen LogP contribution in [0.5, 0.6) is 0 Å². The largest absolute Gasteiger partial charge is 0.388 e. The Kier molecular flexibility index (Phi) is 4.19. The Balaban J connectivity index is 2.17. The van der Waals surface area contributed by atoms with Gasteiger partial charge in [-0.05, 0) is 12.5 Å². The van der Waals surface area contributed by atoms with Crippen LogP contribution >= 0.6 is 0 Å². The molecule has 1 aromatic rings. The van der Waals surface area contributed by atoms with Gasteiger partial charge < -0.3 is 25.4 Å². The predicted octanol–water partition coefficient (Wildman–Crippen LogP) is -0.246. The van der Waals surface area contributed by atoms with E-state index in [1.165, 1.54) is 12.1 Å². The molecule has 8 heteroatoms. The first kappa shape index (κ1) is 14.7. The monoisotopic (exact) mass is 284 g/mol. The second-order valence-electron chi connectivity index (χ2n) is 4.70. The summed E-state index contributed by atoms with van der Waals surface area (Å²) < 4.78 is 5.19. The fourth-order valence-electron chi connectivity index (χ4n) is 1.97. The number of hydrogen-bond acceptors (Lipinski definition) is 7. The molecule has 4 unspecified atom stereocenters. The number of rotatable bonds is 3. The smallest absolute Gasteiger partial charge is 0.271 e. The van der Waals surface area contributed by atoms with E-state index < -0.39 is 29.5 Å². The molecule has 2 rings (SSSR count). The van der Waals surface area contributed by atoms with Crippen LogP contribution in [0.2, 0.25) is 0 Å².